The zero-order valence-corrected chi connectivity index (χ0v) is 14.5. The van der Waals surface area contributed by atoms with Gasteiger partial charge in [-0.25, -0.2) is 0 Å². The van der Waals surface area contributed by atoms with Gasteiger partial charge in [0, 0.05) is 37.2 Å². The summed E-state index contributed by atoms with van der Waals surface area (Å²) in [7, 11) is 0. The maximum absolute atomic E-state index is 12.4. The molecular weight excluding hydrogens is 316 g/mol. The van der Waals surface area contributed by atoms with Crippen molar-refractivity contribution in [1.82, 2.24) is 4.98 Å². The fraction of sp³-hybridized carbons (Fsp3) is 0.400. The lowest BCUT2D eigenvalue weighted by atomic mass is 9.87. The third-order valence-corrected chi connectivity index (χ3v) is 4.66. The van der Waals surface area contributed by atoms with E-state index in [1.165, 1.54) is 0 Å². The molecule has 2 aromatic rings. The van der Waals surface area contributed by atoms with E-state index in [-0.39, 0.29) is 11.8 Å². The molecule has 5 heteroatoms. The Balaban J connectivity index is 1.50. The standard InChI is InChI=1S/C20H24N2O3/c1-15(17-8-12-24-13-9-17)20(23)22-18-2-4-19(5-3-18)25-14-16-6-10-21-11-7-16/h2-7,10-11,15,17H,8-9,12-14H2,1H3,(H,22,23). The molecule has 132 valence electrons. The summed E-state index contributed by atoms with van der Waals surface area (Å²) < 4.78 is 11.1. The fourth-order valence-electron chi connectivity index (χ4n) is 2.97. The van der Waals surface area contributed by atoms with Crippen molar-refractivity contribution in [3.8, 4) is 5.75 Å². The molecule has 0 saturated carbocycles. The molecule has 0 aliphatic carbocycles. The molecule has 1 atom stereocenters. The van der Waals surface area contributed by atoms with E-state index in [0.717, 1.165) is 43.1 Å². The Kier molecular flexibility index (Phi) is 6.01. The van der Waals surface area contributed by atoms with Crippen molar-refractivity contribution in [3.63, 3.8) is 0 Å². The first-order valence-electron chi connectivity index (χ1n) is 8.73. The van der Waals surface area contributed by atoms with Crippen molar-refractivity contribution in [3.05, 3.63) is 54.4 Å². The lowest BCUT2D eigenvalue weighted by molar-refractivity contribution is -0.122. The van der Waals surface area contributed by atoms with Gasteiger partial charge in [0.25, 0.3) is 0 Å². The first-order valence-corrected chi connectivity index (χ1v) is 8.73. The van der Waals surface area contributed by atoms with Gasteiger partial charge in [0.05, 0.1) is 0 Å². The molecule has 25 heavy (non-hydrogen) atoms. The Hall–Kier alpha value is -2.40. The summed E-state index contributed by atoms with van der Waals surface area (Å²) in [4.78, 5) is 16.4. The molecule has 1 fully saturated rings. The number of aromatic nitrogens is 1. The summed E-state index contributed by atoms with van der Waals surface area (Å²) >= 11 is 0. The molecule has 1 N–H and O–H groups in total. The molecule has 0 spiro atoms. The van der Waals surface area contributed by atoms with E-state index in [2.05, 4.69) is 10.3 Å². The Morgan fingerprint density at radius 2 is 1.88 bits per heavy atom. The zero-order chi connectivity index (χ0) is 17.5. The van der Waals surface area contributed by atoms with Crippen molar-refractivity contribution < 1.29 is 14.3 Å². The number of hydrogen-bond donors (Lipinski definition) is 1. The van der Waals surface area contributed by atoms with Crippen molar-refractivity contribution in [2.75, 3.05) is 18.5 Å². The lowest BCUT2D eigenvalue weighted by Crippen LogP contribution is -2.30. The first-order chi connectivity index (χ1) is 12.2. The lowest BCUT2D eigenvalue weighted by Gasteiger charge is -2.26. The number of rotatable bonds is 6. The van der Waals surface area contributed by atoms with Gasteiger partial charge in [-0.3, -0.25) is 9.78 Å². The molecule has 1 saturated heterocycles. The van der Waals surface area contributed by atoms with Crippen LogP contribution in [0.1, 0.15) is 25.3 Å². The monoisotopic (exact) mass is 340 g/mol. The molecule has 2 heterocycles. The predicted molar refractivity (Wildman–Crippen MR) is 96.3 cm³/mol. The summed E-state index contributed by atoms with van der Waals surface area (Å²) in [5.74, 6) is 1.23. The normalized spacial score (nSPS) is 16.2. The largest absolute Gasteiger partial charge is 0.489 e. The van der Waals surface area contributed by atoms with Gasteiger partial charge in [0.2, 0.25) is 5.91 Å². The zero-order valence-electron chi connectivity index (χ0n) is 14.5. The van der Waals surface area contributed by atoms with Crippen LogP contribution in [-0.4, -0.2) is 24.1 Å². The number of amides is 1. The average molecular weight is 340 g/mol. The Bertz CT molecular complexity index is 667. The first kappa shape index (κ1) is 17.4. The van der Waals surface area contributed by atoms with Crippen LogP contribution in [0.25, 0.3) is 0 Å². The van der Waals surface area contributed by atoms with Gasteiger partial charge in [-0.05, 0) is 60.7 Å². The Morgan fingerprint density at radius 3 is 2.56 bits per heavy atom. The molecular formula is C20H24N2O3. The number of nitrogens with one attached hydrogen (secondary N) is 1. The van der Waals surface area contributed by atoms with E-state index in [9.17, 15) is 4.79 Å². The van der Waals surface area contributed by atoms with Gasteiger partial charge in [0.15, 0.2) is 0 Å². The molecule has 0 radical (unpaired) electrons. The van der Waals surface area contributed by atoms with Crippen LogP contribution in [0.2, 0.25) is 0 Å². The van der Waals surface area contributed by atoms with E-state index >= 15 is 0 Å². The molecule has 0 bridgehead atoms. The highest BCUT2D eigenvalue weighted by Gasteiger charge is 2.25. The minimum absolute atomic E-state index is 0.00785. The number of pyridine rings is 1. The van der Waals surface area contributed by atoms with E-state index in [1.807, 2.05) is 43.3 Å². The van der Waals surface area contributed by atoms with Gasteiger partial charge in [-0.2, -0.15) is 0 Å². The number of hydrogen-bond acceptors (Lipinski definition) is 4. The highest BCUT2D eigenvalue weighted by atomic mass is 16.5. The van der Waals surface area contributed by atoms with Crippen molar-refractivity contribution >= 4 is 11.6 Å². The summed E-state index contributed by atoms with van der Waals surface area (Å²) in [5, 5.41) is 3.00. The number of benzene rings is 1. The van der Waals surface area contributed by atoms with Crippen molar-refractivity contribution in [1.29, 1.82) is 0 Å². The summed E-state index contributed by atoms with van der Waals surface area (Å²) in [5.41, 5.74) is 1.86. The van der Waals surface area contributed by atoms with Crippen LogP contribution in [-0.2, 0) is 16.1 Å². The molecule has 1 aromatic carbocycles. The number of carbonyl (C=O) groups excluding carboxylic acids is 1. The van der Waals surface area contributed by atoms with Crippen LogP contribution in [0.5, 0.6) is 5.75 Å². The molecule has 1 unspecified atom stereocenters. The van der Waals surface area contributed by atoms with Gasteiger partial charge in [0.1, 0.15) is 12.4 Å². The van der Waals surface area contributed by atoms with Crippen molar-refractivity contribution in [2.45, 2.75) is 26.4 Å². The number of ether oxygens (including phenoxy) is 2. The second-order valence-corrected chi connectivity index (χ2v) is 6.40. The van der Waals surface area contributed by atoms with E-state index in [0.29, 0.717) is 12.5 Å². The van der Waals surface area contributed by atoms with E-state index in [4.69, 9.17) is 9.47 Å². The third-order valence-electron chi connectivity index (χ3n) is 4.66. The Labute approximate surface area is 148 Å². The molecule has 5 nitrogen and oxygen atoms in total. The fourth-order valence-corrected chi connectivity index (χ4v) is 2.97. The minimum atomic E-state index is -0.00785. The SMILES string of the molecule is CC(C(=O)Nc1ccc(OCc2ccncc2)cc1)C1CCOCC1. The summed E-state index contributed by atoms with van der Waals surface area (Å²) in [6, 6.07) is 11.3. The number of anilines is 1. The van der Waals surface area contributed by atoms with Crippen LogP contribution in [0.3, 0.4) is 0 Å². The molecule has 1 amide bonds. The second-order valence-electron chi connectivity index (χ2n) is 6.40. The molecule has 3 rings (SSSR count). The van der Waals surface area contributed by atoms with Crippen molar-refractivity contribution in [2.24, 2.45) is 11.8 Å². The molecule has 1 aliphatic heterocycles. The van der Waals surface area contributed by atoms with Gasteiger partial charge in [-0.1, -0.05) is 6.92 Å². The highest BCUT2D eigenvalue weighted by molar-refractivity contribution is 5.92. The van der Waals surface area contributed by atoms with Gasteiger partial charge in [-0.15, -0.1) is 0 Å². The van der Waals surface area contributed by atoms with Gasteiger partial charge < -0.3 is 14.8 Å². The van der Waals surface area contributed by atoms with Crippen LogP contribution < -0.4 is 10.1 Å². The van der Waals surface area contributed by atoms with Crippen LogP contribution in [0, 0.1) is 11.8 Å². The predicted octanol–water partition coefficient (Wildman–Crippen LogP) is 3.66. The van der Waals surface area contributed by atoms with Crippen LogP contribution in [0.15, 0.2) is 48.8 Å². The van der Waals surface area contributed by atoms with E-state index < -0.39 is 0 Å². The smallest absolute Gasteiger partial charge is 0.227 e. The third kappa shape index (κ3) is 5.03. The summed E-state index contributed by atoms with van der Waals surface area (Å²) in [6.07, 6.45) is 5.40. The minimum Gasteiger partial charge on any atom is -0.489 e. The average Bonchev–Trinajstić information content (AvgIpc) is 2.68. The van der Waals surface area contributed by atoms with Crippen LogP contribution in [0.4, 0.5) is 5.69 Å². The van der Waals surface area contributed by atoms with Gasteiger partial charge >= 0.3 is 0 Å². The molecule has 1 aliphatic rings. The topological polar surface area (TPSA) is 60.5 Å². The second kappa shape index (κ2) is 8.62. The number of carbonyl (C=O) groups is 1. The van der Waals surface area contributed by atoms with E-state index in [1.54, 1.807) is 12.4 Å². The van der Waals surface area contributed by atoms with Crippen LogP contribution >= 0.6 is 0 Å². The maximum Gasteiger partial charge on any atom is 0.227 e. The quantitative estimate of drug-likeness (QED) is 0.872. The summed E-state index contributed by atoms with van der Waals surface area (Å²) in [6.45, 7) is 4.00. The maximum atomic E-state index is 12.4. The Morgan fingerprint density at radius 1 is 1.20 bits per heavy atom. The highest BCUT2D eigenvalue weighted by Crippen LogP contribution is 2.25. The molecule has 1 aromatic heterocycles. The number of nitrogens with zero attached hydrogens (tertiary/aromatic N) is 1.